The number of rotatable bonds is 6. The van der Waals surface area contributed by atoms with Crippen LogP contribution in [0.5, 0.6) is 0 Å². The highest BCUT2D eigenvalue weighted by Gasteiger charge is 2.22. The average molecular weight is 205 g/mol. The molecule has 2 heteroatoms. The normalized spacial score (nSPS) is 15.5. The molecule has 1 aromatic rings. The van der Waals surface area contributed by atoms with Crippen molar-refractivity contribution in [2.45, 2.75) is 25.3 Å². The van der Waals surface area contributed by atoms with E-state index >= 15 is 0 Å². The minimum atomic E-state index is 0.778. The van der Waals surface area contributed by atoms with E-state index in [1.54, 1.807) is 7.11 Å². The van der Waals surface area contributed by atoms with Crippen molar-refractivity contribution in [1.82, 2.24) is 5.32 Å². The molecule has 1 aromatic carbocycles. The molecule has 82 valence electrons. The van der Waals surface area contributed by atoms with Gasteiger partial charge >= 0.3 is 0 Å². The Morgan fingerprint density at radius 3 is 2.60 bits per heavy atom. The molecular formula is C13H19NO. The Morgan fingerprint density at radius 1 is 1.27 bits per heavy atom. The summed E-state index contributed by atoms with van der Waals surface area (Å²) in [6.07, 6.45) is 2.76. The van der Waals surface area contributed by atoms with E-state index in [2.05, 4.69) is 29.6 Å². The summed E-state index contributed by atoms with van der Waals surface area (Å²) in [5.41, 5.74) is 2.87. The first-order valence-electron chi connectivity index (χ1n) is 5.68. The number of methoxy groups -OCH3 is 1. The second-order valence-electron chi connectivity index (χ2n) is 4.19. The molecule has 0 atom stereocenters. The van der Waals surface area contributed by atoms with Crippen LogP contribution in [0.1, 0.15) is 29.9 Å². The monoisotopic (exact) mass is 205 g/mol. The van der Waals surface area contributed by atoms with Gasteiger partial charge in [0.25, 0.3) is 0 Å². The van der Waals surface area contributed by atoms with Crippen LogP contribution in [-0.4, -0.2) is 20.3 Å². The van der Waals surface area contributed by atoms with Gasteiger partial charge in [0.15, 0.2) is 0 Å². The van der Waals surface area contributed by atoms with Crippen molar-refractivity contribution in [3.8, 4) is 0 Å². The Bertz CT molecular complexity index is 290. The first-order chi connectivity index (χ1) is 7.40. The maximum atomic E-state index is 4.98. The van der Waals surface area contributed by atoms with Gasteiger partial charge < -0.3 is 10.1 Å². The predicted octanol–water partition coefficient (Wildman–Crippen LogP) is 2.30. The quantitative estimate of drug-likeness (QED) is 0.719. The first kappa shape index (κ1) is 10.7. The van der Waals surface area contributed by atoms with Crippen molar-refractivity contribution in [3.63, 3.8) is 0 Å². The largest absolute Gasteiger partial charge is 0.383 e. The summed E-state index contributed by atoms with van der Waals surface area (Å²) in [6.45, 7) is 2.63. The van der Waals surface area contributed by atoms with E-state index in [0.29, 0.717) is 0 Å². The third kappa shape index (κ3) is 3.33. The summed E-state index contributed by atoms with van der Waals surface area (Å²) in [7, 11) is 1.73. The van der Waals surface area contributed by atoms with Crippen molar-refractivity contribution >= 4 is 0 Å². The van der Waals surface area contributed by atoms with E-state index < -0.39 is 0 Å². The molecule has 1 N–H and O–H groups in total. The van der Waals surface area contributed by atoms with Gasteiger partial charge in [0, 0.05) is 20.2 Å². The number of ether oxygens (including phenoxy) is 1. The highest BCUT2D eigenvalue weighted by molar-refractivity contribution is 5.27. The summed E-state index contributed by atoms with van der Waals surface area (Å²) >= 11 is 0. The maximum Gasteiger partial charge on any atom is 0.0587 e. The maximum absolute atomic E-state index is 4.98. The minimum Gasteiger partial charge on any atom is -0.383 e. The predicted molar refractivity (Wildman–Crippen MR) is 62.0 cm³/mol. The zero-order valence-corrected chi connectivity index (χ0v) is 9.33. The molecule has 15 heavy (non-hydrogen) atoms. The lowest BCUT2D eigenvalue weighted by molar-refractivity contribution is 0.199. The second-order valence-corrected chi connectivity index (χ2v) is 4.19. The van der Waals surface area contributed by atoms with E-state index in [1.807, 2.05) is 0 Å². The van der Waals surface area contributed by atoms with E-state index in [4.69, 9.17) is 4.74 Å². The molecule has 1 saturated carbocycles. The molecule has 0 spiro atoms. The lowest BCUT2D eigenvalue weighted by Gasteiger charge is -2.05. The van der Waals surface area contributed by atoms with Crippen molar-refractivity contribution in [3.05, 3.63) is 35.4 Å². The SMILES string of the molecule is COCCNCc1ccc(C2CC2)cc1. The van der Waals surface area contributed by atoms with Gasteiger partial charge in [-0.15, -0.1) is 0 Å². The van der Waals surface area contributed by atoms with Crippen LogP contribution >= 0.6 is 0 Å². The van der Waals surface area contributed by atoms with Gasteiger partial charge in [0.05, 0.1) is 6.61 Å². The lowest BCUT2D eigenvalue weighted by atomic mass is 10.1. The summed E-state index contributed by atoms with van der Waals surface area (Å²) in [6, 6.07) is 9.00. The molecule has 0 aromatic heterocycles. The van der Waals surface area contributed by atoms with Crippen molar-refractivity contribution in [2.24, 2.45) is 0 Å². The van der Waals surface area contributed by atoms with E-state index in [0.717, 1.165) is 25.6 Å². The van der Waals surface area contributed by atoms with Gasteiger partial charge in [-0.05, 0) is 29.9 Å². The van der Waals surface area contributed by atoms with Gasteiger partial charge in [-0.1, -0.05) is 24.3 Å². The van der Waals surface area contributed by atoms with Crippen LogP contribution < -0.4 is 5.32 Å². The summed E-state index contributed by atoms with van der Waals surface area (Å²) in [5, 5.41) is 3.34. The average Bonchev–Trinajstić information content (AvgIpc) is 3.09. The molecule has 1 aliphatic rings. The zero-order valence-electron chi connectivity index (χ0n) is 9.33. The van der Waals surface area contributed by atoms with Crippen LogP contribution in [0.3, 0.4) is 0 Å². The molecule has 0 saturated heterocycles. The number of hydrogen-bond acceptors (Lipinski definition) is 2. The second kappa shape index (κ2) is 5.29. The van der Waals surface area contributed by atoms with Gasteiger partial charge in [0.1, 0.15) is 0 Å². The molecule has 0 bridgehead atoms. The van der Waals surface area contributed by atoms with Gasteiger partial charge in [-0.2, -0.15) is 0 Å². The van der Waals surface area contributed by atoms with Crippen LogP contribution in [-0.2, 0) is 11.3 Å². The van der Waals surface area contributed by atoms with Crippen LogP contribution in [0.25, 0.3) is 0 Å². The molecule has 0 radical (unpaired) electrons. The third-order valence-electron chi connectivity index (χ3n) is 2.84. The first-order valence-corrected chi connectivity index (χ1v) is 5.68. The fourth-order valence-corrected chi connectivity index (χ4v) is 1.73. The fraction of sp³-hybridized carbons (Fsp3) is 0.538. The number of hydrogen-bond donors (Lipinski definition) is 1. The van der Waals surface area contributed by atoms with Crippen LogP contribution in [0.15, 0.2) is 24.3 Å². The fourth-order valence-electron chi connectivity index (χ4n) is 1.73. The zero-order chi connectivity index (χ0) is 10.5. The molecule has 0 unspecified atom stereocenters. The minimum absolute atomic E-state index is 0.778. The summed E-state index contributed by atoms with van der Waals surface area (Å²) < 4.78 is 4.98. The number of benzene rings is 1. The lowest BCUT2D eigenvalue weighted by Crippen LogP contribution is -2.18. The van der Waals surface area contributed by atoms with Crippen LogP contribution in [0.2, 0.25) is 0 Å². The molecular weight excluding hydrogens is 186 g/mol. The topological polar surface area (TPSA) is 21.3 Å². The van der Waals surface area contributed by atoms with E-state index in [-0.39, 0.29) is 0 Å². The Labute approximate surface area is 91.6 Å². The molecule has 0 amide bonds. The Kier molecular flexibility index (Phi) is 3.75. The Hall–Kier alpha value is -0.860. The molecule has 1 fully saturated rings. The smallest absolute Gasteiger partial charge is 0.0587 e. The highest BCUT2D eigenvalue weighted by atomic mass is 16.5. The Morgan fingerprint density at radius 2 is 2.00 bits per heavy atom. The van der Waals surface area contributed by atoms with Gasteiger partial charge in [0.2, 0.25) is 0 Å². The van der Waals surface area contributed by atoms with E-state index in [9.17, 15) is 0 Å². The standard InChI is InChI=1S/C13H19NO/c1-15-9-8-14-10-11-2-4-12(5-3-11)13-6-7-13/h2-5,13-14H,6-10H2,1H3. The van der Waals surface area contributed by atoms with Crippen molar-refractivity contribution in [1.29, 1.82) is 0 Å². The molecule has 2 rings (SSSR count). The van der Waals surface area contributed by atoms with Crippen LogP contribution in [0, 0.1) is 0 Å². The number of nitrogens with one attached hydrogen (secondary N) is 1. The summed E-state index contributed by atoms with van der Waals surface area (Å²) in [5.74, 6) is 0.862. The molecule has 0 aliphatic heterocycles. The molecule has 2 nitrogen and oxygen atoms in total. The van der Waals surface area contributed by atoms with Crippen molar-refractivity contribution in [2.75, 3.05) is 20.3 Å². The van der Waals surface area contributed by atoms with Gasteiger partial charge in [-0.25, -0.2) is 0 Å². The summed E-state index contributed by atoms with van der Waals surface area (Å²) in [4.78, 5) is 0. The Balaban J connectivity index is 1.76. The van der Waals surface area contributed by atoms with Crippen LogP contribution in [0.4, 0.5) is 0 Å². The third-order valence-corrected chi connectivity index (χ3v) is 2.84. The molecule has 0 heterocycles. The van der Waals surface area contributed by atoms with Gasteiger partial charge in [-0.3, -0.25) is 0 Å². The highest BCUT2D eigenvalue weighted by Crippen LogP contribution is 2.39. The van der Waals surface area contributed by atoms with E-state index in [1.165, 1.54) is 24.0 Å². The van der Waals surface area contributed by atoms with Crippen molar-refractivity contribution < 1.29 is 4.74 Å². The molecule has 1 aliphatic carbocycles.